The van der Waals surface area contributed by atoms with Crippen molar-refractivity contribution in [2.75, 3.05) is 37.9 Å². The van der Waals surface area contributed by atoms with Gasteiger partial charge < -0.3 is 30.2 Å². The molecule has 2 aromatic carbocycles. The molecule has 13 heteroatoms. The summed E-state index contributed by atoms with van der Waals surface area (Å²) in [6.45, 7) is 2.17. The van der Waals surface area contributed by atoms with Gasteiger partial charge in [0.1, 0.15) is 35.1 Å². The average Bonchev–Trinajstić information content (AvgIpc) is 3.43. The molecule has 3 aromatic heterocycles. The Labute approximate surface area is 240 Å². The van der Waals surface area contributed by atoms with Crippen molar-refractivity contribution in [3.8, 4) is 29.1 Å². The number of rotatable bonds is 9. The van der Waals surface area contributed by atoms with Gasteiger partial charge in [0.25, 0.3) is 0 Å². The predicted molar refractivity (Wildman–Crippen MR) is 154 cm³/mol. The van der Waals surface area contributed by atoms with Crippen molar-refractivity contribution < 1.29 is 18.6 Å². The smallest absolute Gasteiger partial charge is 0.316 e. The van der Waals surface area contributed by atoms with Crippen molar-refractivity contribution in [3.63, 3.8) is 0 Å². The lowest BCUT2D eigenvalue weighted by Crippen LogP contribution is -2.63. The van der Waals surface area contributed by atoms with Gasteiger partial charge in [-0.05, 0) is 36.5 Å². The second kappa shape index (κ2) is 10.4. The second-order valence-electron chi connectivity index (χ2n) is 10.5. The predicted octanol–water partition coefficient (Wildman–Crippen LogP) is 4.46. The summed E-state index contributed by atoms with van der Waals surface area (Å²) < 4.78 is 33.2. The quantitative estimate of drug-likeness (QED) is 0.232. The van der Waals surface area contributed by atoms with E-state index in [1.165, 1.54) is 19.5 Å². The van der Waals surface area contributed by atoms with E-state index in [0.717, 1.165) is 37.0 Å². The average molecular weight is 570 g/mol. The van der Waals surface area contributed by atoms with E-state index in [9.17, 15) is 0 Å². The minimum Gasteiger partial charge on any atom is -0.495 e. The van der Waals surface area contributed by atoms with E-state index in [2.05, 4.69) is 41.0 Å². The van der Waals surface area contributed by atoms with E-state index < -0.39 is 5.82 Å². The van der Waals surface area contributed by atoms with Crippen molar-refractivity contribution in [2.24, 2.45) is 5.41 Å². The van der Waals surface area contributed by atoms with Crippen LogP contribution in [0.5, 0.6) is 23.4 Å². The van der Waals surface area contributed by atoms with Crippen molar-refractivity contribution >= 4 is 28.1 Å². The minimum absolute atomic E-state index is 0.243. The number of methoxy groups -OCH3 is 2. The van der Waals surface area contributed by atoms with Crippen LogP contribution in [0.4, 0.5) is 21.6 Å². The third kappa shape index (κ3) is 4.87. The third-order valence-electron chi connectivity index (χ3n) is 7.72. The number of hydrogen-bond donors (Lipinski definition) is 3. The van der Waals surface area contributed by atoms with E-state index >= 15 is 4.39 Å². The number of fused-ring (bicyclic) bond motifs is 1. The molecule has 0 unspecified atom stereocenters. The molecule has 42 heavy (non-hydrogen) atoms. The van der Waals surface area contributed by atoms with E-state index in [4.69, 9.17) is 14.2 Å². The molecule has 2 fully saturated rings. The molecule has 0 atom stereocenters. The molecule has 7 rings (SSSR count). The van der Waals surface area contributed by atoms with Crippen molar-refractivity contribution in [1.29, 1.82) is 0 Å². The molecule has 5 aromatic rings. The summed E-state index contributed by atoms with van der Waals surface area (Å²) in [5.41, 5.74) is 2.85. The van der Waals surface area contributed by atoms with Crippen LogP contribution in [0, 0.1) is 11.2 Å². The standard InChI is InChI=1S/C29H28FN9O3/c1-40-25-9-23-20(8-24(25)36-17-10-29(11-17)14-31-15-29)27(35-16-34-23)37-22-4-3-19(7-21(22)30)42-26-5-6-39(38-26)18-12-32-28(41-2)33-13-18/h3-9,12-13,16-17,31,36H,10-11,14-15H2,1-2H3,(H,34,35,37). The number of nitrogens with one attached hydrogen (secondary N) is 3. The SMILES string of the molecule is COc1ncc(-n2ccc(Oc3ccc(Nc4ncnc5cc(OC)c(NC6CC7(CNC7)C6)cc45)c(F)c3)n2)cn1. The molecule has 1 saturated heterocycles. The van der Waals surface area contributed by atoms with Crippen LogP contribution in [0.1, 0.15) is 12.8 Å². The lowest BCUT2D eigenvalue weighted by Gasteiger charge is -2.54. The Morgan fingerprint density at radius 3 is 2.52 bits per heavy atom. The Morgan fingerprint density at radius 1 is 0.976 bits per heavy atom. The number of halogens is 1. The number of benzene rings is 2. The number of hydrogen-bond acceptors (Lipinski definition) is 11. The van der Waals surface area contributed by atoms with E-state index in [1.807, 2.05) is 12.1 Å². The summed E-state index contributed by atoms with van der Waals surface area (Å²) in [6.07, 6.45) is 8.52. The maximum atomic E-state index is 15.2. The zero-order valence-corrected chi connectivity index (χ0v) is 23.0. The zero-order valence-electron chi connectivity index (χ0n) is 23.0. The van der Waals surface area contributed by atoms with Gasteiger partial charge >= 0.3 is 6.01 Å². The van der Waals surface area contributed by atoms with Gasteiger partial charge in [-0.2, -0.15) is 0 Å². The van der Waals surface area contributed by atoms with Gasteiger partial charge in [-0.25, -0.2) is 29.0 Å². The number of ether oxygens (including phenoxy) is 3. The van der Waals surface area contributed by atoms with Crippen LogP contribution in [-0.4, -0.2) is 63.1 Å². The monoisotopic (exact) mass is 569 g/mol. The van der Waals surface area contributed by atoms with E-state index in [0.29, 0.717) is 34.2 Å². The molecule has 4 heterocycles. The lowest BCUT2D eigenvalue weighted by molar-refractivity contribution is 0.0470. The molecular formula is C29H28FN9O3. The Bertz CT molecular complexity index is 1750. The molecule has 3 N–H and O–H groups in total. The fourth-order valence-corrected chi connectivity index (χ4v) is 5.49. The first-order chi connectivity index (χ1) is 20.5. The van der Waals surface area contributed by atoms with Gasteiger partial charge in [0.2, 0.25) is 5.88 Å². The fourth-order valence-electron chi connectivity index (χ4n) is 5.49. The Morgan fingerprint density at radius 2 is 1.81 bits per heavy atom. The molecule has 0 amide bonds. The molecular weight excluding hydrogens is 541 g/mol. The van der Waals surface area contributed by atoms with Gasteiger partial charge in [-0.15, -0.1) is 5.10 Å². The Kier molecular flexibility index (Phi) is 6.42. The first-order valence-corrected chi connectivity index (χ1v) is 13.5. The summed E-state index contributed by atoms with van der Waals surface area (Å²) >= 11 is 0. The highest BCUT2D eigenvalue weighted by Crippen LogP contribution is 2.46. The number of nitrogens with zero attached hydrogens (tertiary/aromatic N) is 6. The highest BCUT2D eigenvalue weighted by molar-refractivity contribution is 5.95. The van der Waals surface area contributed by atoms with E-state index in [-0.39, 0.29) is 23.3 Å². The highest BCUT2D eigenvalue weighted by atomic mass is 19.1. The molecule has 0 radical (unpaired) electrons. The molecule has 2 aliphatic rings. The molecule has 1 aliphatic carbocycles. The molecule has 1 saturated carbocycles. The van der Waals surface area contributed by atoms with Gasteiger partial charge in [0.15, 0.2) is 0 Å². The van der Waals surface area contributed by atoms with Crippen LogP contribution in [0.3, 0.4) is 0 Å². The Hall–Kier alpha value is -5.04. The first-order valence-electron chi connectivity index (χ1n) is 13.5. The summed E-state index contributed by atoms with van der Waals surface area (Å²) in [6, 6.07) is 10.7. The topological polar surface area (TPSA) is 133 Å². The molecule has 12 nitrogen and oxygen atoms in total. The van der Waals surface area contributed by atoms with Gasteiger partial charge in [0, 0.05) is 48.9 Å². The first kappa shape index (κ1) is 25.9. The van der Waals surface area contributed by atoms with Crippen LogP contribution in [0.25, 0.3) is 16.6 Å². The maximum Gasteiger partial charge on any atom is 0.316 e. The minimum atomic E-state index is -0.511. The molecule has 1 spiro atoms. The van der Waals surface area contributed by atoms with Crippen LogP contribution in [-0.2, 0) is 0 Å². The number of aromatic nitrogens is 6. The molecule has 0 bridgehead atoms. The molecule has 214 valence electrons. The summed E-state index contributed by atoms with van der Waals surface area (Å²) in [5.74, 6) is 1.25. The van der Waals surface area contributed by atoms with Crippen LogP contribution >= 0.6 is 0 Å². The fraction of sp³-hybridized carbons (Fsp3) is 0.276. The van der Waals surface area contributed by atoms with Crippen LogP contribution in [0.15, 0.2) is 61.3 Å². The third-order valence-corrected chi connectivity index (χ3v) is 7.72. The largest absolute Gasteiger partial charge is 0.495 e. The molecule has 1 aliphatic heterocycles. The van der Waals surface area contributed by atoms with Gasteiger partial charge in [0.05, 0.1) is 43.5 Å². The van der Waals surface area contributed by atoms with Crippen LogP contribution < -0.4 is 30.2 Å². The zero-order chi connectivity index (χ0) is 28.7. The Balaban J connectivity index is 1.08. The van der Waals surface area contributed by atoms with Crippen molar-refractivity contribution in [1.82, 2.24) is 35.0 Å². The highest BCUT2D eigenvalue weighted by Gasteiger charge is 2.48. The normalized spacial score (nSPS) is 15.6. The van der Waals surface area contributed by atoms with Crippen molar-refractivity contribution in [2.45, 2.75) is 18.9 Å². The van der Waals surface area contributed by atoms with Crippen molar-refractivity contribution in [3.05, 3.63) is 67.1 Å². The summed E-state index contributed by atoms with van der Waals surface area (Å²) in [4.78, 5) is 17.0. The summed E-state index contributed by atoms with van der Waals surface area (Å²) in [7, 11) is 3.13. The van der Waals surface area contributed by atoms with E-state index in [1.54, 1.807) is 48.6 Å². The second-order valence-corrected chi connectivity index (χ2v) is 10.5. The number of anilines is 3. The van der Waals surface area contributed by atoms with Gasteiger partial charge in [-0.3, -0.25) is 0 Å². The lowest BCUT2D eigenvalue weighted by atomic mass is 9.61. The van der Waals surface area contributed by atoms with Gasteiger partial charge in [-0.1, -0.05) is 0 Å². The maximum absolute atomic E-state index is 15.2. The summed E-state index contributed by atoms with van der Waals surface area (Å²) in [5, 5.41) is 15.2. The van der Waals surface area contributed by atoms with Crippen LogP contribution in [0.2, 0.25) is 0 Å².